The van der Waals surface area contributed by atoms with Crippen molar-refractivity contribution >= 4 is 28.3 Å². The summed E-state index contributed by atoms with van der Waals surface area (Å²) in [5, 5.41) is 18.6. The average Bonchev–Trinajstić information content (AvgIpc) is 3.04. The summed E-state index contributed by atoms with van der Waals surface area (Å²) < 4.78 is 0.535. The molecular formula is C11H12BrClN2O. The van der Waals surface area contributed by atoms with Gasteiger partial charge in [-0.05, 0) is 46.8 Å². The molecule has 16 heavy (non-hydrogen) atoms. The summed E-state index contributed by atoms with van der Waals surface area (Å²) in [5.74, 6) is 0.616. The maximum Gasteiger partial charge on any atom is 0.134 e. The second kappa shape index (κ2) is 5.05. The van der Waals surface area contributed by atoms with Gasteiger partial charge in [0.2, 0.25) is 0 Å². The Morgan fingerprint density at radius 1 is 1.50 bits per heavy atom. The number of aromatic hydroxyl groups is 1. The molecule has 0 unspecified atom stereocenters. The Bertz CT molecular complexity index is 440. The highest BCUT2D eigenvalue weighted by molar-refractivity contribution is 9.10. The third-order valence-electron chi connectivity index (χ3n) is 2.71. The molecule has 86 valence electrons. The van der Waals surface area contributed by atoms with Gasteiger partial charge in [-0.1, -0.05) is 0 Å². The highest BCUT2D eigenvalue weighted by Gasteiger charge is 2.31. The number of benzene rings is 1. The van der Waals surface area contributed by atoms with Crippen LogP contribution in [0.25, 0.3) is 0 Å². The molecule has 1 aromatic carbocycles. The lowest BCUT2D eigenvalue weighted by atomic mass is 10.0. The van der Waals surface area contributed by atoms with Crippen LogP contribution in [0.15, 0.2) is 16.6 Å². The fraction of sp³-hybridized carbons (Fsp3) is 0.364. The lowest BCUT2D eigenvalue weighted by Crippen LogP contribution is -2.12. The normalized spacial score (nSPS) is 16.1. The summed E-state index contributed by atoms with van der Waals surface area (Å²) in [5.41, 5.74) is 7.19. The van der Waals surface area contributed by atoms with Crippen molar-refractivity contribution < 1.29 is 5.11 Å². The Hall–Kier alpha value is -0.760. The minimum Gasteiger partial charge on any atom is -0.506 e. The van der Waals surface area contributed by atoms with Crippen LogP contribution in [0, 0.1) is 17.2 Å². The van der Waals surface area contributed by atoms with E-state index in [9.17, 15) is 5.11 Å². The lowest BCUT2D eigenvalue weighted by molar-refractivity contribution is 0.453. The van der Waals surface area contributed by atoms with Gasteiger partial charge < -0.3 is 10.8 Å². The highest BCUT2D eigenvalue weighted by Crippen LogP contribution is 2.43. The summed E-state index contributed by atoms with van der Waals surface area (Å²) in [6.07, 6.45) is 2.21. The van der Waals surface area contributed by atoms with E-state index in [1.807, 2.05) is 0 Å². The van der Waals surface area contributed by atoms with E-state index in [-0.39, 0.29) is 24.2 Å². The molecule has 2 rings (SSSR count). The van der Waals surface area contributed by atoms with Gasteiger partial charge in [-0.2, -0.15) is 5.26 Å². The molecule has 1 saturated carbocycles. The molecule has 1 aliphatic carbocycles. The Morgan fingerprint density at radius 3 is 2.62 bits per heavy atom. The fourth-order valence-electron chi connectivity index (χ4n) is 1.65. The first-order valence-electron chi connectivity index (χ1n) is 4.81. The van der Waals surface area contributed by atoms with E-state index in [0.717, 1.165) is 12.8 Å². The molecule has 0 aromatic heterocycles. The fourth-order valence-corrected chi connectivity index (χ4v) is 2.12. The number of halogens is 2. The Kier molecular flexibility index (Phi) is 4.20. The van der Waals surface area contributed by atoms with Crippen LogP contribution in [0.5, 0.6) is 5.75 Å². The monoisotopic (exact) mass is 302 g/mol. The van der Waals surface area contributed by atoms with Gasteiger partial charge in [-0.15, -0.1) is 12.4 Å². The quantitative estimate of drug-likeness (QED) is 0.882. The van der Waals surface area contributed by atoms with Gasteiger partial charge in [0.1, 0.15) is 5.75 Å². The zero-order chi connectivity index (χ0) is 11.0. The number of nitriles is 1. The molecule has 0 spiro atoms. The van der Waals surface area contributed by atoms with E-state index in [4.69, 9.17) is 11.0 Å². The lowest BCUT2D eigenvalue weighted by Gasteiger charge is -2.14. The van der Waals surface area contributed by atoms with Crippen LogP contribution in [-0.2, 0) is 0 Å². The van der Waals surface area contributed by atoms with Crippen LogP contribution in [0.4, 0.5) is 0 Å². The van der Waals surface area contributed by atoms with Crippen molar-refractivity contribution in [3.05, 3.63) is 27.7 Å². The molecule has 1 fully saturated rings. The van der Waals surface area contributed by atoms with Gasteiger partial charge in [-0.3, -0.25) is 0 Å². The van der Waals surface area contributed by atoms with Crippen molar-refractivity contribution in [2.24, 2.45) is 11.7 Å². The number of phenolic OH excluding ortho intramolecular Hbond substituents is 1. The molecule has 0 bridgehead atoms. The van der Waals surface area contributed by atoms with Crippen molar-refractivity contribution in [2.45, 2.75) is 18.9 Å². The molecule has 3 nitrogen and oxygen atoms in total. The zero-order valence-electron chi connectivity index (χ0n) is 8.48. The Morgan fingerprint density at radius 2 is 2.12 bits per heavy atom. The second-order valence-corrected chi connectivity index (χ2v) is 4.73. The molecule has 1 atom stereocenters. The maximum absolute atomic E-state index is 9.83. The third-order valence-corrected chi connectivity index (χ3v) is 3.32. The molecule has 0 saturated heterocycles. The van der Waals surface area contributed by atoms with E-state index < -0.39 is 0 Å². The van der Waals surface area contributed by atoms with E-state index in [1.54, 1.807) is 12.1 Å². The number of rotatable bonds is 2. The van der Waals surface area contributed by atoms with E-state index in [1.165, 1.54) is 0 Å². The van der Waals surface area contributed by atoms with Crippen molar-refractivity contribution in [3.63, 3.8) is 0 Å². The van der Waals surface area contributed by atoms with Gasteiger partial charge >= 0.3 is 0 Å². The van der Waals surface area contributed by atoms with Crippen LogP contribution >= 0.6 is 28.3 Å². The van der Waals surface area contributed by atoms with Crippen LogP contribution in [0.3, 0.4) is 0 Å². The molecule has 0 aliphatic heterocycles. The largest absolute Gasteiger partial charge is 0.506 e. The number of nitrogens with zero attached hydrogens (tertiary/aromatic N) is 1. The summed E-state index contributed by atoms with van der Waals surface area (Å²) in [6.45, 7) is 0. The molecule has 5 heteroatoms. The first-order chi connectivity index (χ1) is 7.13. The van der Waals surface area contributed by atoms with Gasteiger partial charge in [0.15, 0.2) is 0 Å². The van der Waals surface area contributed by atoms with Crippen LogP contribution in [0.2, 0.25) is 0 Å². The van der Waals surface area contributed by atoms with Crippen LogP contribution in [-0.4, -0.2) is 5.11 Å². The number of hydrogen-bond acceptors (Lipinski definition) is 3. The Labute approximate surface area is 109 Å². The van der Waals surface area contributed by atoms with E-state index >= 15 is 0 Å². The summed E-state index contributed by atoms with van der Waals surface area (Å²) in [4.78, 5) is 0. The van der Waals surface area contributed by atoms with Crippen molar-refractivity contribution in [2.75, 3.05) is 0 Å². The molecule has 3 N–H and O–H groups in total. The van der Waals surface area contributed by atoms with Crippen molar-refractivity contribution in [3.8, 4) is 11.8 Å². The molecule has 1 aliphatic rings. The molecule has 0 amide bonds. The second-order valence-electron chi connectivity index (χ2n) is 3.87. The van der Waals surface area contributed by atoms with Crippen molar-refractivity contribution in [1.82, 2.24) is 0 Å². The van der Waals surface area contributed by atoms with Gasteiger partial charge in [-0.25, -0.2) is 0 Å². The number of phenols is 1. The standard InChI is InChI=1S/C11H11BrN2O.ClH/c12-9-4-6(5-13)3-8(11(9)15)10(14)7-1-2-7;/h3-4,7,10,15H,1-2,14H2;1H/t10-;/m0./s1. The molecule has 0 radical (unpaired) electrons. The average molecular weight is 304 g/mol. The first kappa shape index (κ1) is 13.3. The SMILES string of the molecule is Cl.N#Cc1cc(Br)c(O)c([C@@H](N)C2CC2)c1. The molecular weight excluding hydrogens is 291 g/mol. The zero-order valence-corrected chi connectivity index (χ0v) is 10.9. The summed E-state index contributed by atoms with van der Waals surface area (Å²) in [6, 6.07) is 5.16. The van der Waals surface area contributed by atoms with Gasteiger partial charge in [0.05, 0.1) is 16.1 Å². The van der Waals surface area contributed by atoms with Gasteiger partial charge in [0, 0.05) is 11.6 Å². The predicted molar refractivity (Wildman–Crippen MR) is 67.4 cm³/mol. The van der Waals surface area contributed by atoms with Gasteiger partial charge in [0.25, 0.3) is 0 Å². The predicted octanol–water partition coefficient (Wildman–Crippen LogP) is 2.86. The number of nitrogens with two attached hydrogens (primary N) is 1. The van der Waals surface area contributed by atoms with Crippen molar-refractivity contribution in [1.29, 1.82) is 5.26 Å². The topological polar surface area (TPSA) is 70.0 Å². The van der Waals surface area contributed by atoms with Crippen LogP contribution < -0.4 is 5.73 Å². The van der Waals surface area contributed by atoms with Crippen LogP contribution in [0.1, 0.15) is 30.0 Å². The summed E-state index contributed by atoms with van der Waals surface area (Å²) in [7, 11) is 0. The minimum atomic E-state index is -0.158. The highest BCUT2D eigenvalue weighted by atomic mass is 79.9. The molecule has 1 aromatic rings. The minimum absolute atomic E-state index is 0. The first-order valence-corrected chi connectivity index (χ1v) is 5.61. The van der Waals surface area contributed by atoms with E-state index in [0.29, 0.717) is 21.5 Å². The van der Waals surface area contributed by atoms with E-state index in [2.05, 4.69) is 22.0 Å². The Balaban J connectivity index is 0.00000128. The third kappa shape index (κ3) is 2.49. The number of hydrogen-bond donors (Lipinski definition) is 2. The maximum atomic E-state index is 9.83. The smallest absolute Gasteiger partial charge is 0.134 e. The summed E-state index contributed by atoms with van der Waals surface area (Å²) >= 11 is 3.22. The molecule has 0 heterocycles.